The molecule has 108 valence electrons. The van der Waals surface area contributed by atoms with E-state index in [-0.39, 0.29) is 17.4 Å². The second-order valence-corrected chi connectivity index (χ2v) is 7.83. The molecule has 0 radical (unpaired) electrons. The summed E-state index contributed by atoms with van der Waals surface area (Å²) in [4.78, 5) is 0.0702. The lowest BCUT2D eigenvalue weighted by Crippen LogP contribution is -2.41. The van der Waals surface area contributed by atoms with Gasteiger partial charge < -0.3 is 10.8 Å². The molecule has 1 atom stereocenters. The summed E-state index contributed by atoms with van der Waals surface area (Å²) in [6.45, 7) is 3.40. The van der Waals surface area contributed by atoms with Gasteiger partial charge >= 0.3 is 0 Å². The molecule has 4 N–H and O–H groups in total. The molecule has 0 aromatic heterocycles. The van der Waals surface area contributed by atoms with Crippen molar-refractivity contribution in [1.82, 2.24) is 4.72 Å². The number of nitrogens with two attached hydrogens (primary N) is 1. The Bertz CT molecular complexity index is 538. The number of aliphatic hydroxyl groups is 1. The molecule has 0 saturated heterocycles. The summed E-state index contributed by atoms with van der Waals surface area (Å²) in [6.07, 6.45) is 0. The molecule has 19 heavy (non-hydrogen) atoms. The number of anilines is 1. The number of nitrogen functional groups attached to an aromatic ring is 1. The van der Waals surface area contributed by atoms with Crippen LogP contribution in [0.2, 0.25) is 0 Å². The maximum Gasteiger partial charge on any atom is 0.243 e. The Labute approximate surface area is 129 Å². The molecule has 0 aliphatic rings. The zero-order chi connectivity index (χ0) is 14.8. The molecule has 0 heterocycles. The molecule has 0 amide bonds. The van der Waals surface area contributed by atoms with E-state index in [0.29, 0.717) is 14.6 Å². The first-order chi connectivity index (χ1) is 8.69. The predicted octanol–water partition coefficient (Wildman–Crippen LogP) is 2.09. The lowest BCUT2D eigenvalue weighted by molar-refractivity contribution is 0.227. The molecule has 5 nitrogen and oxygen atoms in total. The van der Waals surface area contributed by atoms with E-state index in [9.17, 15) is 13.5 Å². The van der Waals surface area contributed by atoms with Crippen molar-refractivity contribution < 1.29 is 13.5 Å². The minimum atomic E-state index is -3.75. The van der Waals surface area contributed by atoms with Crippen molar-refractivity contribution in [3.8, 4) is 0 Å². The quantitative estimate of drug-likeness (QED) is 0.642. The van der Waals surface area contributed by atoms with Crippen LogP contribution in [-0.2, 0) is 10.0 Å². The fourth-order valence-electron chi connectivity index (χ4n) is 1.48. The maximum atomic E-state index is 12.3. The van der Waals surface area contributed by atoms with Crippen LogP contribution in [0.4, 0.5) is 5.69 Å². The third-order valence-electron chi connectivity index (χ3n) is 2.60. The number of hydrogen-bond donors (Lipinski definition) is 3. The van der Waals surface area contributed by atoms with Gasteiger partial charge in [-0.1, -0.05) is 13.8 Å². The first-order valence-corrected chi connectivity index (χ1v) is 8.63. The van der Waals surface area contributed by atoms with Crippen molar-refractivity contribution in [3.05, 3.63) is 21.1 Å². The van der Waals surface area contributed by atoms with Crippen LogP contribution in [0.3, 0.4) is 0 Å². The Morgan fingerprint density at radius 1 is 1.32 bits per heavy atom. The molecule has 0 aliphatic carbocycles. The lowest BCUT2D eigenvalue weighted by Gasteiger charge is -2.21. The molecule has 0 bridgehead atoms. The summed E-state index contributed by atoms with van der Waals surface area (Å²) < 4.78 is 27.9. The third kappa shape index (κ3) is 4.16. The second kappa shape index (κ2) is 6.53. The van der Waals surface area contributed by atoms with E-state index < -0.39 is 16.1 Å². The molecular weight excluding hydrogens is 400 g/mol. The van der Waals surface area contributed by atoms with Crippen molar-refractivity contribution in [3.63, 3.8) is 0 Å². The minimum Gasteiger partial charge on any atom is -0.399 e. The fourth-order valence-corrected chi connectivity index (χ4v) is 5.47. The van der Waals surface area contributed by atoms with Crippen LogP contribution in [0.15, 0.2) is 26.0 Å². The maximum absolute atomic E-state index is 12.3. The Balaban J connectivity index is 3.21. The van der Waals surface area contributed by atoms with Gasteiger partial charge in [0.05, 0.1) is 6.61 Å². The number of benzene rings is 1. The summed E-state index contributed by atoms with van der Waals surface area (Å²) in [5.74, 6) is -0.0221. The molecule has 1 aromatic rings. The lowest BCUT2D eigenvalue weighted by atomic mass is 10.1. The van der Waals surface area contributed by atoms with Crippen LogP contribution in [-0.4, -0.2) is 26.2 Å². The van der Waals surface area contributed by atoms with Crippen LogP contribution in [0.5, 0.6) is 0 Å². The molecule has 1 unspecified atom stereocenters. The zero-order valence-electron chi connectivity index (χ0n) is 10.5. The normalized spacial score (nSPS) is 13.8. The zero-order valence-corrected chi connectivity index (χ0v) is 14.5. The summed E-state index contributed by atoms with van der Waals surface area (Å²) in [7, 11) is -3.75. The van der Waals surface area contributed by atoms with Crippen molar-refractivity contribution >= 4 is 47.6 Å². The van der Waals surface area contributed by atoms with Gasteiger partial charge in [-0.2, -0.15) is 0 Å². The number of halogens is 2. The molecule has 1 aromatic carbocycles. The van der Waals surface area contributed by atoms with Gasteiger partial charge in [-0.05, 0) is 49.9 Å². The monoisotopic (exact) mass is 414 g/mol. The van der Waals surface area contributed by atoms with E-state index in [1.807, 2.05) is 13.8 Å². The van der Waals surface area contributed by atoms with E-state index in [1.54, 1.807) is 0 Å². The third-order valence-corrected chi connectivity index (χ3v) is 5.96. The van der Waals surface area contributed by atoms with Crippen molar-refractivity contribution in [2.75, 3.05) is 12.3 Å². The van der Waals surface area contributed by atoms with E-state index >= 15 is 0 Å². The van der Waals surface area contributed by atoms with Crippen LogP contribution < -0.4 is 10.5 Å². The smallest absolute Gasteiger partial charge is 0.243 e. The highest BCUT2D eigenvalue weighted by Crippen LogP contribution is 2.32. The van der Waals surface area contributed by atoms with Crippen LogP contribution in [0.25, 0.3) is 0 Å². The number of hydrogen-bond acceptors (Lipinski definition) is 4. The molecule has 0 spiro atoms. The van der Waals surface area contributed by atoms with Gasteiger partial charge in [0.25, 0.3) is 0 Å². The topological polar surface area (TPSA) is 92.4 Å². The van der Waals surface area contributed by atoms with Crippen LogP contribution >= 0.6 is 31.9 Å². The Morgan fingerprint density at radius 3 is 2.16 bits per heavy atom. The first kappa shape index (κ1) is 16.9. The Hall–Kier alpha value is -0.150. The highest BCUT2D eigenvalue weighted by atomic mass is 79.9. The summed E-state index contributed by atoms with van der Waals surface area (Å²) in [6, 6.07) is 2.49. The highest BCUT2D eigenvalue weighted by Gasteiger charge is 2.26. The SMILES string of the molecule is CC(C)C(CO)NS(=O)(=O)c1c(Br)cc(N)cc1Br. The molecular formula is C11H16Br2N2O3S. The van der Waals surface area contributed by atoms with E-state index in [1.165, 1.54) is 12.1 Å². The number of rotatable bonds is 5. The van der Waals surface area contributed by atoms with Crippen LogP contribution in [0, 0.1) is 5.92 Å². The molecule has 0 aliphatic heterocycles. The average molecular weight is 416 g/mol. The van der Waals surface area contributed by atoms with Gasteiger partial charge in [-0.15, -0.1) is 0 Å². The van der Waals surface area contributed by atoms with Gasteiger partial charge in [-0.3, -0.25) is 0 Å². The fraction of sp³-hybridized carbons (Fsp3) is 0.455. The highest BCUT2D eigenvalue weighted by molar-refractivity contribution is 9.11. The van der Waals surface area contributed by atoms with Gasteiger partial charge in [0.2, 0.25) is 10.0 Å². The number of sulfonamides is 1. The van der Waals surface area contributed by atoms with Crippen LogP contribution in [0.1, 0.15) is 13.8 Å². The van der Waals surface area contributed by atoms with Crippen molar-refractivity contribution in [1.29, 1.82) is 0 Å². The number of aliphatic hydroxyl groups excluding tert-OH is 1. The number of nitrogens with one attached hydrogen (secondary N) is 1. The second-order valence-electron chi connectivity index (χ2n) is 4.47. The predicted molar refractivity (Wildman–Crippen MR) is 82.3 cm³/mol. The van der Waals surface area contributed by atoms with Crippen molar-refractivity contribution in [2.24, 2.45) is 5.92 Å². The van der Waals surface area contributed by atoms with Gasteiger partial charge in [0, 0.05) is 20.7 Å². The van der Waals surface area contributed by atoms with E-state index in [0.717, 1.165) is 0 Å². The molecule has 8 heteroatoms. The summed E-state index contributed by atoms with van der Waals surface area (Å²) >= 11 is 6.38. The van der Waals surface area contributed by atoms with E-state index in [2.05, 4.69) is 36.6 Å². The van der Waals surface area contributed by atoms with E-state index in [4.69, 9.17) is 5.73 Å². The Kier molecular flexibility index (Phi) is 5.81. The Morgan fingerprint density at radius 2 is 1.79 bits per heavy atom. The standard InChI is InChI=1S/C11H16Br2N2O3S/c1-6(2)10(5-16)15-19(17,18)11-8(12)3-7(14)4-9(11)13/h3-4,6,10,15-16H,5,14H2,1-2H3. The summed E-state index contributed by atoms with van der Waals surface area (Å²) in [5.41, 5.74) is 6.08. The molecule has 0 fully saturated rings. The van der Waals surface area contributed by atoms with Gasteiger partial charge in [0.1, 0.15) is 4.90 Å². The molecule has 0 saturated carbocycles. The van der Waals surface area contributed by atoms with Gasteiger partial charge in [0.15, 0.2) is 0 Å². The van der Waals surface area contributed by atoms with Gasteiger partial charge in [-0.25, -0.2) is 13.1 Å². The average Bonchev–Trinajstić information content (AvgIpc) is 2.23. The molecule has 1 rings (SSSR count). The van der Waals surface area contributed by atoms with Crippen molar-refractivity contribution in [2.45, 2.75) is 24.8 Å². The first-order valence-electron chi connectivity index (χ1n) is 5.56. The summed E-state index contributed by atoms with van der Waals surface area (Å²) in [5, 5.41) is 9.22. The largest absolute Gasteiger partial charge is 0.399 e. The minimum absolute atomic E-state index is 0.0221.